The maximum absolute atomic E-state index is 10.8. The van der Waals surface area contributed by atoms with Crippen molar-refractivity contribution in [3.05, 3.63) is 17.3 Å². The van der Waals surface area contributed by atoms with Crippen LogP contribution in [-0.2, 0) is 9.53 Å². The fourth-order valence-electron chi connectivity index (χ4n) is 1.07. The van der Waals surface area contributed by atoms with Crippen molar-refractivity contribution in [3.63, 3.8) is 0 Å². The summed E-state index contributed by atoms with van der Waals surface area (Å²) in [5, 5.41) is 8.72. The first-order chi connectivity index (χ1) is 6.97. The molecular formula is C8H10N2O5. The van der Waals surface area contributed by atoms with Gasteiger partial charge in [0.05, 0.1) is 5.69 Å². The van der Waals surface area contributed by atoms with Crippen LogP contribution in [-0.4, -0.2) is 29.1 Å². The van der Waals surface area contributed by atoms with Crippen molar-refractivity contribution in [1.29, 1.82) is 0 Å². The molecule has 0 saturated heterocycles. The number of amides is 1. The van der Waals surface area contributed by atoms with E-state index < -0.39 is 18.0 Å². The molecule has 1 unspecified atom stereocenters. The Morgan fingerprint density at radius 1 is 1.60 bits per heavy atom. The number of oxazole rings is 1. The summed E-state index contributed by atoms with van der Waals surface area (Å²) >= 11 is 0. The molecule has 0 spiro atoms. The number of hydrogen-bond acceptors (Lipinski definition) is 5. The largest absolute Gasteiger partial charge is 0.479 e. The highest BCUT2D eigenvalue weighted by molar-refractivity contribution is 5.91. The SMILES string of the molecule is COC(C(=O)O)c1nc(C)c(C(N)=O)o1. The van der Waals surface area contributed by atoms with Crippen molar-refractivity contribution in [2.45, 2.75) is 13.0 Å². The van der Waals surface area contributed by atoms with Crippen LogP contribution in [0.15, 0.2) is 4.42 Å². The summed E-state index contributed by atoms with van der Waals surface area (Å²) in [5.74, 6) is -2.41. The van der Waals surface area contributed by atoms with E-state index in [-0.39, 0.29) is 17.3 Å². The molecule has 82 valence electrons. The van der Waals surface area contributed by atoms with Crippen molar-refractivity contribution in [2.24, 2.45) is 5.73 Å². The van der Waals surface area contributed by atoms with E-state index in [2.05, 4.69) is 9.72 Å². The molecule has 7 heteroatoms. The molecule has 1 aromatic heterocycles. The van der Waals surface area contributed by atoms with Crippen molar-refractivity contribution in [2.75, 3.05) is 7.11 Å². The van der Waals surface area contributed by atoms with E-state index in [9.17, 15) is 9.59 Å². The normalized spacial score (nSPS) is 12.4. The van der Waals surface area contributed by atoms with Gasteiger partial charge in [-0.25, -0.2) is 9.78 Å². The number of primary amides is 1. The minimum atomic E-state index is -1.34. The highest BCUT2D eigenvalue weighted by Gasteiger charge is 2.27. The van der Waals surface area contributed by atoms with Gasteiger partial charge in [0.2, 0.25) is 17.8 Å². The quantitative estimate of drug-likeness (QED) is 0.720. The molecule has 1 atom stereocenters. The van der Waals surface area contributed by atoms with Crippen LogP contribution >= 0.6 is 0 Å². The van der Waals surface area contributed by atoms with Gasteiger partial charge in [0.1, 0.15) is 0 Å². The Balaban J connectivity index is 3.10. The number of carboxylic acids is 1. The van der Waals surface area contributed by atoms with E-state index in [1.165, 1.54) is 14.0 Å². The number of ether oxygens (including phenoxy) is 1. The number of aryl methyl sites for hydroxylation is 1. The topological polar surface area (TPSA) is 116 Å². The number of nitrogens with two attached hydrogens (primary N) is 1. The van der Waals surface area contributed by atoms with Crippen LogP contribution in [0.5, 0.6) is 0 Å². The summed E-state index contributed by atoms with van der Waals surface area (Å²) in [6, 6.07) is 0. The summed E-state index contributed by atoms with van der Waals surface area (Å²) in [6.07, 6.45) is -1.34. The third kappa shape index (κ3) is 2.13. The highest BCUT2D eigenvalue weighted by Crippen LogP contribution is 2.19. The third-order valence-electron chi connectivity index (χ3n) is 1.72. The lowest BCUT2D eigenvalue weighted by atomic mass is 10.3. The smallest absolute Gasteiger partial charge is 0.342 e. The first kappa shape index (κ1) is 11.2. The Morgan fingerprint density at radius 3 is 2.53 bits per heavy atom. The number of carbonyl (C=O) groups excluding carboxylic acids is 1. The number of hydrogen-bond donors (Lipinski definition) is 2. The summed E-state index contributed by atoms with van der Waals surface area (Å²) in [6.45, 7) is 1.49. The monoisotopic (exact) mass is 214 g/mol. The van der Waals surface area contributed by atoms with Gasteiger partial charge in [0.15, 0.2) is 0 Å². The van der Waals surface area contributed by atoms with Crippen LogP contribution in [0.3, 0.4) is 0 Å². The van der Waals surface area contributed by atoms with Crippen molar-refractivity contribution in [3.8, 4) is 0 Å². The highest BCUT2D eigenvalue weighted by atomic mass is 16.5. The maximum Gasteiger partial charge on any atom is 0.342 e. The number of rotatable bonds is 4. The van der Waals surface area contributed by atoms with Crippen molar-refractivity contribution < 1.29 is 23.8 Å². The van der Waals surface area contributed by atoms with Gasteiger partial charge in [0.25, 0.3) is 5.91 Å². The number of aromatic nitrogens is 1. The van der Waals surface area contributed by atoms with Crippen LogP contribution in [0.4, 0.5) is 0 Å². The molecule has 1 rings (SSSR count). The van der Waals surface area contributed by atoms with Crippen molar-refractivity contribution in [1.82, 2.24) is 4.98 Å². The second-order valence-corrected chi connectivity index (χ2v) is 2.78. The molecule has 7 nitrogen and oxygen atoms in total. The molecule has 15 heavy (non-hydrogen) atoms. The summed E-state index contributed by atoms with van der Waals surface area (Å²) in [5.41, 5.74) is 5.22. The first-order valence-electron chi connectivity index (χ1n) is 4.00. The van der Waals surface area contributed by atoms with Gasteiger partial charge in [-0.15, -0.1) is 0 Å². The molecule has 0 bridgehead atoms. The Hall–Kier alpha value is -1.89. The number of aliphatic carboxylic acids is 1. The molecule has 1 aromatic rings. The first-order valence-corrected chi connectivity index (χ1v) is 4.00. The van der Waals surface area contributed by atoms with Crippen LogP contribution < -0.4 is 5.73 Å². The Kier molecular flexibility index (Phi) is 3.05. The predicted octanol–water partition coefficient (Wildman–Crippen LogP) is -0.146. The zero-order chi connectivity index (χ0) is 11.6. The van der Waals surface area contributed by atoms with Gasteiger partial charge < -0.3 is 20.0 Å². The Morgan fingerprint density at radius 2 is 2.20 bits per heavy atom. The fraction of sp³-hybridized carbons (Fsp3) is 0.375. The second kappa shape index (κ2) is 4.09. The fourth-order valence-corrected chi connectivity index (χ4v) is 1.07. The van der Waals surface area contributed by atoms with Crippen LogP contribution in [0.25, 0.3) is 0 Å². The Labute approximate surface area is 84.8 Å². The summed E-state index contributed by atoms with van der Waals surface area (Å²) < 4.78 is 9.54. The number of carboxylic acid groups (broad SMARTS) is 1. The maximum atomic E-state index is 10.8. The molecule has 0 radical (unpaired) electrons. The van der Waals surface area contributed by atoms with E-state index in [0.29, 0.717) is 0 Å². The lowest BCUT2D eigenvalue weighted by Gasteiger charge is -2.04. The van der Waals surface area contributed by atoms with Crippen LogP contribution in [0, 0.1) is 6.92 Å². The van der Waals surface area contributed by atoms with Gasteiger partial charge in [-0.3, -0.25) is 4.79 Å². The molecule has 0 fully saturated rings. The molecule has 0 aliphatic rings. The summed E-state index contributed by atoms with van der Waals surface area (Å²) in [7, 11) is 1.20. The minimum absolute atomic E-state index is 0.159. The van der Waals surface area contributed by atoms with Gasteiger partial charge in [-0.2, -0.15) is 0 Å². The molecule has 0 aromatic carbocycles. The molecule has 0 aliphatic carbocycles. The molecule has 1 amide bonds. The molecular weight excluding hydrogens is 204 g/mol. The van der Waals surface area contributed by atoms with Gasteiger partial charge in [-0.05, 0) is 6.92 Å². The minimum Gasteiger partial charge on any atom is -0.479 e. The molecule has 1 heterocycles. The van der Waals surface area contributed by atoms with Gasteiger partial charge >= 0.3 is 5.97 Å². The molecule has 0 saturated carbocycles. The lowest BCUT2D eigenvalue weighted by molar-refractivity contribution is -0.150. The number of methoxy groups -OCH3 is 1. The van der Waals surface area contributed by atoms with Gasteiger partial charge in [-0.1, -0.05) is 0 Å². The average molecular weight is 214 g/mol. The summed E-state index contributed by atoms with van der Waals surface area (Å²) in [4.78, 5) is 25.2. The molecule has 3 N–H and O–H groups in total. The average Bonchev–Trinajstić information content (AvgIpc) is 2.48. The van der Waals surface area contributed by atoms with E-state index in [0.717, 1.165) is 0 Å². The lowest BCUT2D eigenvalue weighted by Crippen LogP contribution is -2.14. The van der Waals surface area contributed by atoms with Crippen molar-refractivity contribution >= 4 is 11.9 Å². The second-order valence-electron chi connectivity index (χ2n) is 2.78. The zero-order valence-corrected chi connectivity index (χ0v) is 8.18. The standard InChI is InChI=1S/C8H10N2O5/c1-3-4(6(9)11)15-7(10-3)5(14-2)8(12)13/h5H,1-2H3,(H2,9,11)(H,12,13). The third-order valence-corrected chi connectivity index (χ3v) is 1.72. The zero-order valence-electron chi connectivity index (χ0n) is 8.18. The van der Waals surface area contributed by atoms with E-state index in [4.69, 9.17) is 15.3 Å². The predicted molar refractivity (Wildman–Crippen MR) is 47.1 cm³/mol. The number of nitrogens with zero attached hydrogens (tertiary/aromatic N) is 1. The van der Waals surface area contributed by atoms with Crippen LogP contribution in [0.2, 0.25) is 0 Å². The Bertz CT molecular complexity index is 398. The van der Waals surface area contributed by atoms with E-state index in [1.54, 1.807) is 0 Å². The molecule has 0 aliphatic heterocycles. The van der Waals surface area contributed by atoms with E-state index >= 15 is 0 Å². The van der Waals surface area contributed by atoms with E-state index in [1.807, 2.05) is 0 Å². The number of carbonyl (C=O) groups is 2. The van der Waals surface area contributed by atoms with Gasteiger partial charge in [0, 0.05) is 7.11 Å². The van der Waals surface area contributed by atoms with Crippen LogP contribution in [0.1, 0.15) is 28.2 Å².